The van der Waals surface area contributed by atoms with Gasteiger partial charge in [0.2, 0.25) is 0 Å². The molecule has 0 aliphatic carbocycles. The maximum absolute atomic E-state index is 13.7. The molecule has 7 heteroatoms. The molecule has 0 bridgehead atoms. The summed E-state index contributed by atoms with van der Waals surface area (Å²) in [6.07, 6.45) is 8.60. The lowest BCUT2D eigenvalue weighted by molar-refractivity contribution is 0.132. The van der Waals surface area contributed by atoms with Crippen LogP contribution in [0.5, 0.6) is 0 Å². The number of anilines is 2. The van der Waals surface area contributed by atoms with E-state index in [2.05, 4.69) is 26.3 Å². The monoisotopic (exact) mass is 440 g/mol. The molecule has 1 unspecified atom stereocenters. The molecule has 33 heavy (non-hydrogen) atoms. The Labute approximate surface area is 192 Å². The van der Waals surface area contributed by atoms with E-state index in [4.69, 9.17) is 9.97 Å². The van der Waals surface area contributed by atoms with Crippen LogP contribution in [0.25, 0.3) is 11.3 Å². The van der Waals surface area contributed by atoms with Gasteiger partial charge in [-0.25, -0.2) is 14.4 Å². The molecule has 4 aromatic rings. The minimum Gasteiger partial charge on any atom is -0.340 e. The summed E-state index contributed by atoms with van der Waals surface area (Å²) in [5.74, 6) is 1.09. The summed E-state index contributed by atoms with van der Waals surface area (Å²) in [6, 6.07) is 18.2. The second-order valence-corrected chi connectivity index (χ2v) is 8.18. The zero-order valence-electron chi connectivity index (χ0n) is 18.2. The highest BCUT2D eigenvalue weighted by Gasteiger charge is 2.27. The number of hydrogen-bond donors (Lipinski definition) is 1. The van der Waals surface area contributed by atoms with Crippen LogP contribution in [0, 0.1) is 5.82 Å². The van der Waals surface area contributed by atoms with Crippen molar-refractivity contribution in [1.82, 2.24) is 24.8 Å². The zero-order valence-corrected chi connectivity index (χ0v) is 18.2. The predicted octanol–water partition coefficient (Wildman–Crippen LogP) is 5.54. The Morgan fingerprint density at radius 1 is 0.970 bits per heavy atom. The van der Waals surface area contributed by atoms with Crippen molar-refractivity contribution in [3.8, 4) is 11.3 Å². The molecule has 4 heterocycles. The van der Waals surface area contributed by atoms with Gasteiger partial charge in [-0.3, -0.25) is 14.9 Å². The molecule has 1 aromatic carbocycles. The van der Waals surface area contributed by atoms with E-state index >= 15 is 0 Å². The molecule has 3 aromatic heterocycles. The van der Waals surface area contributed by atoms with E-state index < -0.39 is 0 Å². The van der Waals surface area contributed by atoms with Crippen LogP contribution in [0.1, 0.15) is 36.8 Å². The Kier molecular flexibility index (Phi) is 6.30. The van der Waals surface area contributed by atoms with Crippen LogP contribution in [0.2, 0.25) is 0 Å². The summed E-state index contributed by atoms with van der Waals surface area (Å²) in [6.45, 7) is 1.72. The molecule has 1 atom stereocenters. The summed E-state index contributed by atoms with van der Waals surface area (Å²) >= 11 is 0. The number of piperidine rings is 1. The van der Waals surface area contributed by atoms with Gasteiger partial charge in [-0.15, -0.1) is 0 Å². The summed E-state index contributed by atoms with van der Waals surface area (Å²) in [5.41, 5.74) is 3.38. The van der Waals surface area contributed by atoms with Crippen molar-refractivity contribution in [2.24, 2.45) is 0 Å². The molecule has 1 aliphatic heterocycles. The average molecular weight is 441 g/mol. The second kappa shape index (κ2) is 9.83. The van der Waals surface area contributed by atoms with Gasteiger partial charge in [0, 0.05) is 42.5 Å². The zero-order chi connectivity index (χ0) is 22.5. The molecule has 0 spiro atoms. The number of nitrogens with one attached hydrogen (secondary N) is 1. The van der Waals surface area contributed by atoms with Crippen molar-refractivity contribution in [3.63, 3.8) is 0 Å². The van der Waals surface area contributed by atoms with E-state index in [-0.39, 0.29) is 11.9 Å². The third kappa shape index (κ3) is 5.21. The molecular weight excluding hydrogens is 415 g/mol. The molecule has 5 rings (SSSR count). The van der Waals surface area contributed by atoms with E-state index in [0.717, 1.165) is 55.1 Å². The average Bonchev–Trinajstić information content (AvgIpc) is 2.85. The van der Waals surface area contributed by atoms with Gasteiger partial charge in [0.15, 0.2) is 0 Å². The summed E-state index contributed by atoms with van der Waals surface area (Å²) in [7, 11) is 0. The summed E-state index contributed by atoms with van der Waals surface area (Å²) < 4.78 is 13.7. The quantitative estimate of drug-likeness (QED) is 0.424. The molecule has 166 valence electrons. The number of likely N-dealkylation sites (tertiary alicyclic amines) is 1. The Bertz CT molecular complexity index is 1200. The molecule has 0 radical (unpaired) electrons. The highest BCUT2D eigenvalue weighted by Crippen LogP contribution is 2.32. The van der Waals surface area contributed by atoms with Gasteiger partial charge in [-0.2, -0.15) is 0 Å². The minimum absolute atomic E-state index is 0.0745. The maximum atomic E-state index is 13.7. The lowest BCUT2D eigenvalue weighted by atomic mass is 10.0. The number of benzene rings is 1. The van der Waals surface area contributed by atoms with Crippen molar-refractivity contribution in [2.75, 3.05) is 11.9 Å². The van der Waals surface area contributed by atoms with Crippen LogP contribution < -0.4 is 5.32 Å². The molecule has 6 nitrogen and oxygen atoms in total. The Morgan fingerprint density at radius 2 is 1.94 bits per heavy atom. The van der Waals surface area contributed by atoms with Gasteiger partial charge >= 0.3 is 0 Å². The normalized spacial score (nSPS) is 16.5. The van der Waals surface area contributed by atoms with E-state index in [1.165, 1.54) is 12.1 Å². The summed E-state index contributed by atoms with van der Waals surface area (Å²) in [5, 5.41) is 3.26. The lowest BCUT2D eigenvalue weighted by Crippen LogP contribution is -2.34. The Balaban J connectivity index is 1.51. The van der Waals surface area contributed by atoms with Gasteiger partial charge in [0.05, 0.1) is 17.4 Å². The first kappa shape index (κ1) is 21.2. The lowest BCUT2D eigenvalue weighted by Gasteiger charge is -2.34. The van der Waals surface area contributed by atoms with Crippen molar-refractivity contribution >= 4 is 11.5 Å². The van der Waals surface area contributed by atoms with Crippen molar-refractivity contribution in [2.45, 2.75) is 31.8 Å². The standard InChI is InChI=1S/C26H25FN6/c27-20-8-5-10-21(15-20)30-25-16-23(19-7-6-12-28-17-19)31-26(32-25)24-11-2-4-14-33(24)18-22-9-1-3-13-29-22/h1,3,5-10,12-13,15-17,24H,2,4,11,14,18H2,(H,30,31,32). The number of hydrogen-bond acceptors (Lipinski definition) is 6. The molecule has 1 N–H and O–H groups in total. The van der Waals surface area contributed by atoms with Gasteiger partial charge in [-0.05, 0) is 61.9 Å². The number of halogens is 1. The molecule has 0 saturated carbocycles. The molecule has 1 fully saturated rings. The molecule has 1 aliphatic rings. The van der Waals surface area contributed by atoms with Crippen LogP contribution in [0.3, 0.4) is 0 Å². The van der Waals surface area contributed by atoms with Crippen molar-refractivity contribution in [3.05, 3.63) is 96.6 Å². The van der Waals surface area contributed by atoms with Gasteiger partial charge in [0.25, 0.3) is 0 Å². The topological polar surface area (TPSA) is 66.8 Å². The van der Waals surface area contributed by atoms with Crippen molar-refractivity contribution < 1.29 is 4.39 Å². The fourth-order valence-electron chi connectivity index (χ4n) is 4.23. The first-order chi connectivity index (χ1) is 16.2. The van der Waals surface area contributed by atoms with Crippen LogP contribution >= 0.6 is 0 Å². The third-order valence-corrected chi connectivity index (χ3v) is 5.80. The smallest absolute Gasteiger partial charge is 0.148 e. The maximum Gasteiger partial charge on any atom is 0.148 e. The van der Waals surface area contributed by atoms with E-state index in [1.54, 1.807) is 18.5 Å². The SMILES string of the molecule is Fc1cccc(Nc2cc(-c3cccnc3)nc(C3CCCCN3Cc3ccccn3)n2)c1. The second-order valence-electron chi connectivity index (χ2n) is 8.18. The van der Waals surface area contributed by atoms with Gasteiger partial charge < -0.3 is 5.32 Å². The number of aromatic nitrogens is 4. The highest BCUT2D eigenvalue weighted by atomic mass is 19.1. The molecular formula is C26H25FN6. The molecule has 1 saturated heterocycles. The van der Waals surface area contributed by atoms with E-state index in [0.29, 0.717) is 11.5 Å². The first-order valence-corrected chi connectivity index (χ1v) is 11.2. The van der Waals surface area contributed by atoms with E-state index in [9.17, 15) is 4.39 Å². The van der Waals surface area contributed by atoms with E-state index in [1.807, 2.05) is 42.6 Å². The number of pyridine rings is 2. The Hall–Kier alpha value is -3.71. The number of rotatable bonds is 6. The van der Waals surface area contributed by atoms with Crippen LogP contribution in [0.15, 0.2) is 79.3 Å². The third-order valence-electron chi connectivity index (χ3n) is 5.80. The van der Waals surface area contributed by atoms with Crippen LogP contribution in [-0.2, 0) is 6.54 Å². The first-order valence-electron chi connectivity index (χ1n) is 11.2. The largest absolute Gasteiger partial charge is 0.340 e. The summed E-state index contributed by atoms with van der Waals surface area (Å²) in [4.78, 5) is 21.0. The fourth-order valence-corrected chi connectivity index (χ4v) is 4.23. The molecule has 0 amide bonds. The van der Waals surface area contributed by atoms with Crippen LogP contribution in [-0.4, -0.2) is 31.4 Å². The highest BCUT2D eigenvalue weighted by molar-refractivity contribution is 5.65. The predicted molar refractivity (Wildman–Crippen MR) is 126 cm³/mol. The number of nitrogens with zero attached hydrogens (tertiary/aromatic N) is 5. The Morgan fingerprint density at radius 3 is 2.76 bits per heavy atom. The fraction of sp³-hybridized carbons (Fsp3) is 0.231. The van der Waals surface area contributed by atoms with Gasteiger partial charge in [-0.1, -0.05) is 18.6 Å². The van der Waals surface area contributed by atoms with Crippen molar-refractivity contribution in [1.29, 1.82) is 0 Å². The minimum atomic E-state index is -0.296. The van der Waals surface area contributed by atoms with Crippen LogP contribution in [0.4, 0.5) is 15.9 Å². The van der Waals surface area contributed by atoms with Gasteiger partial charge in [0.1, 0.15) is 17.5 Å².